The van der Waals surface area contributed by atoms with E-state index in [4.69, 9.17) is 0 Å². The molecule has 0 saturated heterocycles. The van der Waals surface area contributed by atoms with Gasteiger partial charge in [-0.2, -0.15) is 5.10 Å². The van der Waals surface area contributed by atoms with Crippen molar-refractivity contribution in [3.05, 3.63) is 34.4 Å². The number of rotatable bonds is 4. The lowest BCUT2D eigenvalue weighted by Gasteiger charge is -1.99. The van der Waals surface area contributed by atoms with E-state index in [-0.39, 0.29) is 16.1 Å². The van der Waals surface area contributed by atoms with Gasteiger partial charge in [0.15, 0.2) is 10.4 Å². The fraction of sp³-hybridized carbons (Fsp3) is 0.111. The number of non-ortho nitro benzene ring substituents is 1. The van der Waals surface area contributed by atoms with Crippen LogP contribution in [0.4, 0.5) is 11.4 Å². The smallest absolute Gasteiger partial charge is 0.269 e. The monoisotopic (exact) mass is 285 g/mol. The average molecular weight is 286 g/mol. The third-order valence-corrected chi connectivity index (χ3v) is 2.39. The minimum atomic E-state index is -0.488. The van der Waals surface area contributed by atoms with E-state index < -0.39 is 4.92 Å². The highest BCUT2D eigenvalue weighted by Crippen LogP contribution is 2.15. The SMILES string of the molecule is CC(=O)C(Br)=NNc1ccc([N+](=O)[O-])cc1. The topological polar surface area (TPSA) is 84.6 Å². The van der Waals surface area contributed by atoms with E-state index in [2.05, 4.69) is 26.5 Å². The van der Waals surface area contributed by atoms with Crippen molar-refractivity contribution < 1.29 is 9.72 Å². The van der Waals surface area contributed by atoms with Gasteiger partial charge >= 0.3 is 0 Å². The van der Waals surface area contributed by atoms with Crippen LogP contribution in [0, 0.1) is 10.1 Å². The molecule has 0 heterocycles. The first-order valence-corrected chi connectivity index (χ1v) is 5.04. The summed E-state index contributed by atoms with van der Waals surface area (Å²) in [6, 6.07) is 5.70. The molecule has 0 bridgehead atoms. The van der Waals surface area contributed by atoms with E-state index in [1.165, 1.54) is 31.2 Å². The van der Waals surface area contributed by atoms with Gasteiger partial charge in [0.05, 0.1) is 10.6 Å². The number of ketones is 1. The first kappa shape index (κ1) is 12.3. The lowest BCUT2D eigenvalue weighted by Crippen LogP contribution is -2.03. The first-order valence-electron chi connectivity index (χ1n) is 4.25. The summed E-state index contributed by atoms with van der Waals surface area (Å²) >= 11 is 2.97. The number of hydrogen-bond acceptors (Lipinski definition) is 5. The van der Waals surface area contributed by atoms with E-state index in [1.54, 1.807) is 0 Å². The molecule has 0 saturated carbocycles. The summed E-state index contributed by atoms with van der Waals surface area (Å²) < 4.78 is 0.158. The number of Topliss-reactive ketones (excluding diaryl/α,β-unsaturated/α-hetero) is 1. The number of benzene rings is 1. The molecule has 16 heavy (non-hydrogen) atoms. The summed E-state index contributed by atoms with van der Waals surface area (Å²) in [5.74, 6) is -0.214. The average Bonchev–Trinajstić information content (AvgIpc) is 2.26. The van der Waals surface area contributed by atoms with Gasteiger partial charge in [0.2, 0.25) is 0 Å². The number of carbonyl (C=O) groups excluding carboxylic acids is 1. The number of halogens is 1. The van der Waals surface area contributed by atoms with Crippen LogP contribution in [0.5, 0.6) is 0 Å². The standard InChI is InChI=1S/C9H8BrN3O3/c1-6(14)9(10)12-11-7-2-4-8(5-3-7)13(15)16/h2-5,11H,1H3. The van der Waals surface area contributed by atoms with Gasteiger partial charge in [-0.25, -0.2) is 0 Å². The van der Waals surface area contributed by atoms with Crippen LogP contribution in [0.3, 0.4) is 0 Å². The highest BCUT2D eigenvalue weighted by atomic mass is 79.9. The predicted octanol–water partition coefficient (Wildman–Crippen LogP) is 2.30. The number of nitro groups is 1. The van der Waals surface area contributed by atoms with Gasteiger partial charge in [-0.1, -0.05) is 0 Å². The Hall–Kier alpha value is -1.76. The minimum Gasteiger partial charge on any atom is -0.292 e. The maximum Gasteiger partial charge on any atom is 0.269 e. The number of nitrogens with zero attached hydrogens (tertiary/aromatic N) is 2. The minimum absolute atomic E-state index is 0.000151. The van der Waals surface area contributed by atoms with Crippen LogP contribution in [0.25, 0.3) is 0 Å². The van der Waals surface area contributed by atoms with E-state index in [0.29, 0.717) is 5.69 Å². The van der Waals surface area contributed by atoms with Crippen LogP contribution < -0.4 is 5.43 Å². The molecule has 84 valence electrons. The fourth-order valence-corrected chi connectivity index (χ4v) is 0.939. The van der Waals surface area contributed by atoms with Gasteiger partial charge in [-0.05, 0) is 28.1 Å². The Kier molecular flexibility index (Phi) is 4.12. The zero-order valence-corrected chi connectivity index (χ0v) is 9.89. The number of hydrogen-bond donors (Lipinski definition) is 1. The molecule has 0 aliphatic heterocycles. The molecule has 0 spiro atoms. The molecule has 1 N–H and O–H groups in total. The normalized spacial score (nSPS) is 11.0. The molecule has 0 fully saturated rings. The highest BCUT2D eigenvalue weighted by Gasteiger charge is 2.04. The molecule has 1 aromatic carbocycles. The molecule has 1 aromatic rings. The fourth-order valence-electron chi connectivity index (χ4n) is 0.850. The Morgan fingerprint density at radius 2 is 2.00 bits per heavy atom. The molecule has 6 nitrogen and oxygen atoms in total. The lowest BCUT2D eigenvalue weighted by molar-refractivity contribution is -0.384. The zero-order chi connectivity index (χ0) is 12.1. The Morgan fingerprint density at radius 3 is 2.44 bits per heavy atom. The van der Waals surface area contributed by atoms with Crippen LogP contribution in [-0.2, 0) is 4.79 Å². The van der Waals surface area contributed by atoms with E-state index in [9.17, 15) is 14.9 Å². The molecule has 0 aliphatic rings. The van der Waals surface area contributed by atoms with Gasteiger partial charge in [0.25, 0.3) is 5.69 Å². The Bertz CT molecular complexity index is 442. The van der Waals surface area contributed by atoms with Crippen molar-refractivity contribution in [2.75, 3.05) is 5.43 Å². The van der Waals surface area contributed by atoms with Gasteiger partial charge in [0.1, 0.15) is 0 Å². The van der Waals surface area contributed by atoms with Crippen molar-refractivity contribution in [2.24, 2.45) is 5.10 Å². The second-order valence-electron chi connectivity index (χ2n) is 2.87. The van der Waals surface area contributed by atoms with Crippen molar-refractivity contribution in [1.82, 2.24) is 0 Å². The molecule has 1 rings (SSSR count). The molecule has 0 atom stereocenters. The van der Waals surface area contributed by atoms with Crippen molar-refractivity contribution in [1.29, 1.82) is 0 Å². The van der Waals surface area contributed by atoms with Crippen molar-refractivity contribution in [2.45, 2.75) is 6.92 Å². The molecule has 0 aromatic heterocycles. The van der Waals surface area contributed by atoms with Gasteiger partial charge in [-0.15, -0.1) is 0 Å². The summed E-state index contributed by atoms with van der Waals surface area (Å²) in [5.41, 5.74) is 3.15. The molecular formula is C9H8BrN3O3. The Labute approximate surface area is 99.6 Å². The van der Waals surface area contributed by atoms with Crippen molar-refractivity contribution in [3.63, 3.8) is 0 Å². The second-order valence-corrected chi connectivity index (χ2v) is 3.63. The maximum absolute atomic E-state index is 10.8. The maximum atomic E-state index is 10.8. The van der Waals surface area contributed by atoms with Gasteiger partial charge in [-0.3, -0.25) is 20.3 Å². The van der Waals surface area contributed by atoms with E-state index >= 15 is 0 Å². The number of nitrogens with one attached hydrogen (secondary N) is 1. The summed E-state index contributed by atoms with van der Waals surface area (Å²) in [6.45, 7) is 1.37. The number of anilines is 1. The van der Waals surface area contributed by atoms with Crippen LogP contribution in [0.2, 0.25) is 0 Å². The van der Waals surface area contributed by atoms with E-state index in [1.807, 2.05) is 0 Å². The number of hydrazone groups is 1. The Balaban J connectivity index is 2.73. The number of carbonyl (C=O) groups is 1. The molecule has 0 aliphatic carbocycles. The quantitative estimate of drug-likeness (QED) is 0.523. The van der Waals surface area contributed by atoms with Crippen LogP contribution in [0.15, 0.2) is 29.4 Å². The third kappa shape index (κ3) is 3.43. The van der Waals surface area contributed by atoms with Crippen LogP contribution in [-0.4, -0.2) is 15.3 Å². The summed E-state index contributed by atoms with van der Waals surface area (Å²) in [4.78, 5) is 20.7. The summed E-state index contributed by atoms with van der Waals surface area (Å²) in [5, 5.41) is 14.1. The third-order valence-electron chi connectivity index (χ3n) is 1.65. The van der Waals surface area contributed by atoms with Gasteiger partial charge < -0.3 is 0 Å². The van der Waals surface area contributed by atoms with E-state index in [0.717, 1.165) is 0 Å². The molecule has 0 unspecified atom stereocenters. The van der Waals surface area contributed by atoms with Crippen LogP contribution in [0.1, 0.15) is 6.92 Å². The molecular weight excluding hydrogens is 278 g/mol. The first-order chi connectivity index (χ1) is 7.50. The van der Waals surface area contributed by atoms with Gasteiger partial charge in [0, 0.05) is 19.1 Å². The van der Waals surface area contributed by atoms with Crippen molar-refractivity contribution >= 4 is 37.7 Å². The van der Waals surface area contributed by atoms with Crippen LogP contribution >= 0.6 is 15.9 Å². The largest absolute Gasteiger partial charge is 0.292 e. The van der Waals surface area contributed by atoms with Crippen molar-refractivity contribution in [3.8, 4) is 0 Å². The number of nitro benzene ring substituents is 1. The summed E-state index contributed by atoms with van der Waals surface area (Å²) in [6.07, 6.45) is 0. The Morgan fingerprint density at radius 1 is 1.44 bits per heavy atom. The summed E-state index contributed by atoms with van der Waals surface area (Å²) in [7, 11) is 0. The molecule has 0 amide bonds. The molecule has 7 heteroatoms. The molecule has 0 radical (unpaired) electrons. The predicted molar refractivity (Wildman–Crippen MR) is 63.8 cm³/mol. The lowest BCUT2D eigenvalue weighted by atomic mass is 10.3. The zero-order valence-electron chi connectivity index (χ0n) is 8.31. The highest BCUT2D eigenvalue weighted by molar-refractivity contribution is 9.19. The second kappa shape index (κ2) is 5.36.